The van der Waals surface area contributed by atoms with E-state index in [-0.39, 0.29) is 6.04 Å². The van der Waals surface area contributed by atoms with Gasteiger partial charge in [-0.05, 0) is 41.3 Å². The minimum atomic E-state index is -0.163. The van der Waals surface area contributed by atoms with E-state index in [1.54, 1.807) is 0 Å². The first-order valence-electron chi connectivity index (χ1n) is 6.41. The zero-order valence-corrected chi connectivity index (χ0v) is 13.2. The van der Waals surface area contributed by atoms with E-state index >= 15 is 0 Å². The van der Waals surface area contributed by atoms with Crippen LogP contribution >= 0.6 is 27.5 Å². The Morgan fingerprint density at radius 1 is 1.16 bits per heavy atom. The summed E-state index contributed by atoms with van der Waals surface area (Å²) in [5, 5.41) is 0.705. The van der Waals surface area contributed by atoms with Crippen molar-refractivity contribution in [2.24, 2.45) is 5.73 Å². The average Bonchev–Trinajstić information content (AvgIpc) is 2.42. The molecule has 2 N–H and O–H groups in total. The molecule has 2 aromatic rings. The lowest BCUT2D eigenvalue weighted by molar-refractivity contribution is 0.860. The first kappa shape index (κ1) is 14.6. The van der Waals surface area contributed by atoms with Crippen LogP contribution in [-0.2, 0) is 6.42 Å². The molecule has 3 heteroatoms. The summed E-state index contributed by atoms with van der Waals surface area (Å²) >= 11 is 9.57. The Bertz CT molecular complexity index is 551. The number of hydrogen-bond acceptors (Lipinski definition) is 1. The quantitative estimate of drug-likeness (QED) is 0.824. The summed E-state index contributed by atoms with van der Waals surface area (Å²) in [5.74, 6) is 0. The van der Waals surface area contributed by atoms with E-state index in [4.69, 9.17) is 17.3 Å². The highest BCUT2D eigenvalue weighted by atomic mass is 79.9. The van der Waals surface area contributed by atoms with Crippen LogP contribution in [0.15, 0.2) is 46.9 Å². The highest BCUT2D eigenvalue weighted by molar-refractivity contribution is 9.10. The van der Waals surface area contributed by atoms with Gasteiger partial charge in [0, 0.05) is 9.50 Å². The van der Waals surface area contributed by atoms with Crippen LogP contribution < -0.4 is 5.73 Å². The second kappa shape index (κ2) is 6.56. The Morgan fingerprint density at radius 3 is 2.47 bits per heavy atom. The van der Waals surface area contributed by atoms with Crippen molar-refractivity contribution in [2.45, 2.75) is 25.8 Å². The molecule has 0 aliphatic rings. The van der Waals surface area contributed by atoms with Gasteiger partial charge in [-0.15, -0.1) is 0 Å². The Kier molecular flexibility index (Phi) is 5.03. The first-order chi connectivity index (χ1) is 9.11. The minimum absolute atomic E-state index is 0.163. The van der Waals surface area contributed by atoms with Crippen LogP contribution in [0.2, 0.25) is 5.02 Å². The normalized spacial score (nSPS) is 12.4. The zero-order valence-electron chi connectivity index (χ0n) is 10.9. The van der Waals surface area contributed by atoms with Crippen LogP contribution in [0.5, 0.6) is 0 Å². The second-order valence-electron chi connectivity index (χ2n) is 4.64. The lowest BCUT2D eigenvalue weighted by Gasteiger charge is -2.15. The van der Waals surface area contributed by atoms with Gasteiger partial charge in [-0.1, -0.05) is 65.1 Å². The van der Waals surface area contributed by atoms with Crippen LogP contribution in [0.3, 0.4) is 0 Å². The number of rotatable bonds is 4. The molecule has 0 amide bonds. The molecule has 0 heterocycles. The molecule has 0 aromatic heterocycles. The van der Waals surface area contributed by atoms with Crippen molar-refractivity contribution in [3.63, 3.8) is 0 Å². The molecule has 2 aromatic carbocycles. The molecule has 1 unspecified atom stereocenters. The maximum Gasteiger partial charge on any atom is 0.0563 e. The molecular weight excluding hydrogens is 322 g/mol. The van der Waals surface area contributed by atoms with Gasteiger partial charge in [-0.25, -0.2) is 0 Å². The van der Waals surface area contributed by atoms with E-state index in [0.717, 1.165) is 28.4 Å². The Balaban J connectivity index is 2.27. The fourth-order valence-electron chi connectivity index (χ4n) is 2.11. The number of halogens is 2. The maximum absolute atomic E-state index is 6.32. The van der Waals surface area contributed by atoms with Crippen molar-refractivity contribution in [3.05, 3.63) is 68.7 Å². The summed E-state index contributed by atoms with van der Waals surface area (Å²) in [6, 6.07) is 14.0. The van der Waals surface area contributed by atoms with E-state index in [2.05, 4.69) is 47.1 Å². The van der Waals surface area contributed by atoms with E-state index in [0.29, 0.717) is 5.02 Å². The van der Waals surface area contributed by atoms with Crippen molar-refractivity contribution in [1.29, 1.82) is 0 Å². The molecule has 0 radical (unpaired) electrons. The van der Waals surface area contributed by atoms with Gasteiger partial charge in [0.05, 0.1) is 6.04 Å². The summed E-state index contributed by atoms with van der Waals surface area (Å²) in [5.41, 5.74) is 9.78. The Labute approximate surface area is 127 Å². The van der Waals surface area contributed by atoms with Crippen molar-refractivity contribution >= 4 is 27.5 Å². The Morgan fingerprint density at radius 2 is 1.84 bits per heavy atom. The summed E-state index contributed by atoms with van der Waals surface area (Å²) in [4.78, 5) is 0. The third kappa shape index (κ3) is 3.59. The molecule has 100 valence electrons. The molecule has 0 bridgehead atoms. The smallest absolute Gasteiger partial charge is 0.0563 e. The van der Waals surface area contributed by atoms with Crippen LogP contribution in [0.4, 0.5) is 0 Å². The Hall–Kier alpha value is -0.830. The standard InChI is InChI=1S/C16H17BrClN/c1-2-3-11-4-6-12(7-5-11)16(19)14-10-13(18)8-9-15(14)17/h4-10,16H,2-3,19H2,1H3. The topological polar surface area (TPSA) is 26.0 Å². The van der Waals surface area contributed by atoms with Gasteiger partial charge in [-0.3, -0.25) is 0 Å². The van der Waals surface area contributed by atoms with Gasteiger partial charge in [0.2, 0.25) is 0 Å². The SMILES string of the molecule is CCCc1ccc(C(N)c2cc(Cl)ccc2Br)cc1. The maximum atomic E-state index is 6.32. The highest BCUT2D eigenvalue weighted by Crippen LogP contribution is 2.29. The number of hydrogen-bond donors (Lipinski definition) is 1. The molecule has 0 spiro atoms. The summed E-state index contributed by atoms with van der Waals surface area (Å²) < 4.78 is 0.988. The molecule has 1 atom stereocenters. The molecule has 19 heavy (non-hydrogen) atoms. The lowest BCUT2D eigenvalue weighted by Crippen LogP contribution is -2.12. The third-order valence-corrected chi connectivity index (χ3v) is 4.13. The van der Waals surface area contributed by atoms with Crippen LogP contribution in [0.25, 0.3) is 0 Å². The highest BCUT2D eigenvalue weighted by Gasteiger charge is 2.12. The van der Waals surface area contributed by atoms with Crippen molar-refractivity contribution in [3.8, 4) is 0 Å². The van der Waals surface area contributed by atoms with E-state index in [1.807, 2.05) is 18.2 Å². The summed E-state index contributed by atoms with van der Waals surface area (Å²) in [7, 11) is 0. The largest absolute Gasteiger partial charge is 0.320 e. The summed E-state index contributed by atoms with van der Waals surface area (Å²) in [6.45, 7) is 2.18. The summed E-state index contributed by atoms with van der Waals surface area (Å²) in [6.07, 6.45) is 2.27. The average molecular weight is 339 g/mol. The molecular formula is C16H17BrClN. The predicted octanol–water partition coefficient (Wildman–Crippen LogP) is 5.10. The van der Waals surface area contributed by atoms with E-state index in [1.165, 1.54) is 5.56 Å². The molecule has 0 fully saturated rings. The molecule has 2 rings (SSSR count). The number of aryl methyl sites for hydroxylation is 1. The monoisotopic (exact) mass is 337 g/mol. The fraction of sp³-hybridized carbons (Fsp3) is 0.250. The van der Waals surface area contributed by atoms with Gasteiger partial charge in [-0.2, -0.15) is 0 Å². The number of benzene rings is 2. The minimum Gasteiger partial charge on any atom is -0.320 e. The molecule has 0 saturated heterocycles. The second-order valence-corrected chi connectivity index (χ2v) is 5.93. The van der Waals surface area contributed by atoms with Crippen LogP contribution in [-0.4, -0.2) is 0 Å². The number of nitrogens with two attached hydrogens (primary N) is 1. The molecule has 0 aliphatic carbocycles. The van der Waals surface area contributed by atoms with Gasteiger partial charge in [0.25, 0.3) is 0 Å². The van der Waals surface area contributed by atoms with Gasteiger partial charge < -0.3 is 5.73 Å². The predicted molar refractivity (Wildman–Crippen MR) is 85.6 cm³/mol. The fourth-order valence-corrected chi connectivity index (χ4v) is 2.79. The van der Waals surface area contributed by atoms with Crippen molar-refractivity contribution in [1.82, 2.24) is 0 Å². The van der Waals surface area contributed by atoms with Crippen molar-refractivity contribution in [2.75, 3.05) is 0 Å². The van der Waals surface area contributed by atoms with Crippen molar-refractivity contribution < 1.29 is 0 Å². The van der Waals surface area contributed by atoms with Gasteiger partial charge >= 0.3 is 0 Å². The van der Waals surface area contributed by atoms with E-state index < -0.39 is 0 Å². The molecule has 1 nitrogen and oxygen atoms in total. The zero-order chi connectivity index (χ0) is 13.8. The first-order valence-corrected chi connectivity index (χ1v) is 7.58. The lowest BCUT2D eigenvalue weighted by atomic mass is 9.98. The third-order valence-electron chi connectivity index (χ3n) is 3.17. The van der Waals surface area contributed by atoms with Gasteiger partial charge in [0.15, 0.2) is 0 Å². The molecule has 0 saturated carbocycles. The van der Waals surface area contributed by atoms with Crippen LogP contribution in [0.1, 0.15) is 36.1 Å². The van der Waals surface area contributed by atoms with Crippen LogP contribution in [0, 0.1) is 0 Å². The molecule has 0 aliphatic heterocycles. The van der Waals surface area contributed by atoms with E-state index in [9.17, 15) is 0 Å². The van der Waals surface area contributed by atoms with Gasteiger partial charge in [0.1, 0.15) is 0 Å².